The third-order valence-electron chi connectivity index (χ3n) is 5.15. The van der Waals surface area contributed by atoms with Gasteiger partial charge in [-0.05, 0) is 36.8 Å². The third-order valence-corrected chi connectivity index (χ3v) is 8.20. The fraction of sp³-hybridized carbons (Fsp3) is 0.429. The molecule has 0 spiro atoms. The number of aromatic amines is 1. The van der Waals surface area contributed by atoms with Gasteiger partial charge in [-0.25, -0.2) is 19.7 Å². The first-order valence-corrected chi connectivity index (χ1v) is 14.5. The molecule has 4 N–H and O–H groups in total. The summed E-state index contributed by atoms with van der Waals surface area (Å²) in [7, 11) is 0. The number of rotatable bonds is 12. The number of ether oxygens (including phenoxy) is 1. The molecule has 1 saturated heterocycles. The number of thioether (sulfide) groups is 2. The monoisotopic (exact) mass is 625 g/mol. The van der Waals surface area contributed by atoms with Gasteiger partial charge < -0.3 is 25.3 Å². The fourth-order valence-electron chi connectivity index (χ4n) is 3.60. The van der Waals surface area contributed by atoms with Gasteiger partial charge in [-0.3, -0.25) is 19.3 Å². The highest BCUT2D eigenvalue weighted by atomic mass is 32.2. The predicted octanol–water partition coefficient (Wildman–Crippen LogP) is -0.182. The molecular weight excluding hydrogens is 602 g/mol. The van der Waals surface area contributed by atoms with Crippen molar-refractivity contribution in [1.29, 1.82) is 0 Å². The van der Waals surface area contributed by atoms with Crippen LogP contribution >= 0.6 is 34.9 Å². The number of hydrogen-bond donors (Lipinski definition) is 4. The van der Waals surface area contributed by atoms with Crippen molar-refractivity contribution in [2.24, 2.45) is 5.16 Å². The van der Waals surface area contributed by atoms with Crippen molar-refractivity contribution < 1.29 is 38.7 Å². The summed E-state index contributed by atoms with van der Waals surface area (Å²) in [6, 6.07) is -1.07. The van der Waals surface area contributed by atoms with E-state index in [1.807, 2.05) is 0 Å². The Bertz CT molecular complexity index is 1400. The van der Waals surface area contributed by atoms with E-state index in [1.54, 1.807) is 20.8 Å². The lowest BCUT2D eigenvalue weighted by atomic mass is 10.0. The van der Waals surface area contributed by atoms with Gasteiger partial charge in [0.25, 0.3) is 11.8 Å². The molecule has 1 fully saturated rings. The molecule has 41 heavy (non-hydrogen) atoms. The molecule has 3 amide bonds. The zero-order valence-corrected chi connectivity index (χ0v) is 24.1. The summed E-state index contributed by atoms with van der Waals surface area (Å²) in [5.74, 6) is -3.00. The Kier molecular flexibility index (Phi) is 9.23. The molecule has 2 atom stereocenters. The number of aliphatic carboxylic acids is 1. The molecule has 218 valence electrons. The fourth-order valence-corrected chi connectivity index (χ4v) is 6.47. The highest BCUT2D eigenvalue weighted by Crippen LogP contribution is 2.41. The second kappa shape index (κ2) is 12.6. The Labute approximate surface area is 243 Å². The quantitative estimate of drug-likeness (QED) is 0.0599. The number of anilines is 1. The number of carboxylic acids is 1. The van der Waals surface area contributed by atoms with E-state index in [9.17, 15) is 29.1 Å². The first kappa shape index (κ1) is 29.9. The summed E-state index contributed by atoms with van der Waals surface area (Å²) in [6.45, 7) is 4.41. The molecule has 4 rings (SSSR count). The van der Waals surface area contributed by atoms with Gasteiger partial charge in [-0.15, -0.1) is 28.2 Å². The topological polar surface area (TPSA) is 231 Å². The zero-order chi connectivity index (χ0) is 29.7. The van der Waals surface area contributed by atoms with Crippen LogP contribution in [0.4, 0.5) is 5.13 Å². The van der Waals surface area contributed by atoms with Crippen LogP contribution in [0, 0.1) is 0 Å². The molecule has 20 heteroatoms. The molecular formula is C21H23N9O8S3. The highest BCUT2D eigenvalue weighted by Gasteiger charge is 2.54. The number of amides is 3. The number of esters is 1. The van der Waals surface area contributed by atoms with E-state index in [2.05, 4.69) is 41.4 Å². The SMILES string of the molecule is CC(C)(C)OC(=O)CO/N=C(\C(=O)NC1C(=O)N2C(C(=O)O)=C(CSc3nnn[nH]3)CS[C@H]12)c1csc(NC=O)n1. The van der Waals surface area contributed by atoms with Crippen LogP contribution in [0.1, 0.15) is 26.5 Å². The van der Waals surface area contributed by atoms with E-state index in [4.69, 9.17) is 9.57 Å². The lowest BCUT2D eigenvalue weighted by Gasteiger charge is -2.49. The van der Waals surface area contributed by atoms with Crippen LogP contribution in [0.3, 0.4) is 0 Å². The molecule has 17 nitrogen and oxygen atoms in total. The van der Waals surface area contributed by atoms with Crippen LogP contribution < -0.4 is 10.6 Å². The molecule has 4 heterocycles. The molecule has 0 bridgehead atoms. The Morgan fingerprint density at radius 3 is 2.80 bits per heavy atom. The highest BCUT2D eigenvalue weighted by molar-refractivity contribution is 8.01. The summed E-state index contributed by atoms with van der Waals surface area (Å²) in [4.78, 5) is 71.5. The Morgan fingerprint density at radius 1 is 1.37 bits per heavy atom. The van der Waals surface area contributed by atoms with Crippen molar-refractivity contribution >= 4 is 75.9 Å². The number of thiazole rings is 1. The summed E-state index contributed by atoms with van der Waals surface area (Å²) < 4.78 is 5.15. The van der Waals surface area contributed by atoms with Gasteiger partial charge >= 0.3 is 11.9 Å². The molecule has 0 aliphatic carbocycles. The molecule has 1 unspecified atom stereocenters. The van der Waals surface area contributed by atoms with Crippen molar-refractivity contribution in [1.82, 2.24) is 35.8 Å². The first-order chi connectivity index (χ1) is 19.5. The minimum atomic E-state index is -1.28. The number of carbonyl (C=O) groups excluding carboxylic acids is 4. The van der Waals surface area contributed by atoms with Gasteiger partial charge in [0.2, 0.25) is 18.2 Å². The van der Waals surface area contributed by atoms with Gasteiger partial charge in [0.15, 0.2) is 10.8 Å². The van der Waals surface area contributed by atoms with Crippen molar-refractivity contribution in [2.75, 3.05) is 23.4 Å². The number of aromatic nitrogens is 5. The number of nitrogens with zero attached hydrogens (tertiary/aromatic N) is 6. The summed E-state index contributed by atoms with van der Waals surface area (Å²) >= 11 is 3.47. The summed E-state index contributed by atoms with van der Waals surface area (Å²) in [5, 5.41) is 33.1. The number of hydrogen-bond acceptors (Lipinski definition) is 15. The van der Waals surface area contributed by atoms with E-state index in [0.29, 0.717) is 17.1 Å². The minimum Gasteiger partial charge on any atom is -0.477 e. The summed E-state index contributed by atoms with van der Waals surface area (Å²) in [6.07, 6.45) is 0.406. The number of carboxylic acid groups (broad SMARTS) is 1. The maximum atomic E-state index is 13.3. The smallest absolute Gasteiger partial charge is 0.352 e. The van der Waals surface area contributed by atoms with Crippen LogP contribution in [0.2, 0.25) is 0 Å². The van der Waals surface area contributed by atoms with Crippen LogP contribution in [0.5, 0.6) is 0 Å². The molecule has 2 aliphatic heterocycles. The standard InChI is InChI=1S/C21H23N9O8S3/c1-21(2,3)38-11(32)4-37-27-12(10-7-41-19(23-10)22-8-31)15(33)24-13-16(34)30-14(18(35)36)9(5-39-17(13)30)6-40-20-25-28-29-26-20/h7-8,13,17H,4-6H2,1-3H3,(H,24,33)(H,35,36)(H,22,23,31)(H,25,26,28,29)/b27-12-/t13?,17-/m1/s1. The van der Waals surface area contributed by atoms with E-state index in [1.165, 1.54) is 28.9 Å². The van der Waals surface area contributed by atoms with E-state index in [0.717, 1.165) is 16.2 Å². The lowest BCUT2D eigenvalue weighted by molar-refractivity contribution is -0.160. The predicted molar refractivity (Wildman–Crippen MR) is 145 cm³/mol. The molecule has 2 aromatic rings. The third kappa shape index (κ3) is 7.19. The largest absolute Gasteiger partial charge is 0.477 e. The first-order valence-electron chi connectivity index (χ1n) is 11.6. The Hall–Kier alpha value is -4.04. The second-order valence-corrected chi connectivity index (χ2v) is 12.1. The number of H-pyrrole nitrogens is 1. The van der Waals surface area contributed by atoms with E-state index >= 15 is 0 Å². The minimum absolute atomic E-state index is 0.00769. The number of nitrogens with one attached hydrogen (secondary N) is 3. The average molecular weight is 626 g/mol. The summed E-state index contributed by atoms with van der Waals surface area (Å²) in [5.41, 5.74) is -0.801. The van der Waals surface area contributed by atoms with Crippen molar-refractivity contribution in [3.8, 4) is 0 Å². The average Bonchev–Trinajstić information content (AvgIpc) is 3.59. The Balaban J connectivity index is 1.48. The van der Waals surface area contributed by atoms with Gasteiger partial charge in [0.1, 0.15) is 28.4 Å². The number of tetrazole rings is 1. The van der Waals surface area contributed by atoms with Gasteiger partial charge in [0.05, 0.1) is 0 Å². The zero-order valence-electron chi connectivity index (χ0n) is 21.6. The van der Waals surface area contributed by atoms with Crippen LogP contribution in [0.15, 0.2) is 27.0 Å². The molecule has 2 aromatic heterocycles. The van der Waals surface area contributed by atoms with Crippen molar-refractivity contribution in [3.63, 3.8) is 0 Å². The Morgan fingerprint density at radius 2 is 2.15 bits per heavy atom. The van der Waals surface area contributed by atoms with Gasteiger partial charge in [0, 0.05) is 16.9 Å². The number of β-lactam (4-membered cyclic amide) rings is 1. The second-order valence-electron chi connectivity index (χ2n) is 9.21. The molecule has 2 aliphatic rings. The molecule has 0 saturated carbocycles. The maximum absolute atomic E-state index is 13.3. The van der Waals surface area contributed by atoms with Crippen LogP contribution in [-0.4, -0.2) is 107 Å². The molecule has 0 radical (unpaired) electrons. The van der Waals surface area contributed by atoms with Crippen molar-refractivity contribution in [2.45, 2.75) is 42.9 Å². The number of fused-ring (bicyclic) bond motifs is 1. The van der Waals surface area contributed by atoms with Crippen LogP contribution in [-0.2, 0) is 33.5 Å². The van der Waals surface area contributed by atoms with Gasteiger partial charge in [-0.2, -0.15) is 0 Å². The maximum Gasteiger partial charge on any atom is 0.352 e. The van der Waals surface area contributed by atoms with E-state index in [-0.39, 0.29) is 33.7 Å². The number of oxime groups is 1. The van der Waals surface area contributed by atoms with E-state index < -0.39 is 47.4 Å². The van der Waals surface area contributed by atoms with Crippen molar-refractivity contribution in [3.05, 3.63) is 22.3 Å². The normalized spacial score (nSPS) is 18.8. The number of carbonyl (C=O) groups is 5. The van der Waals surface area contributed by atoms with Gasteiger partial charge in [-0.1, -0.05) is 16.9 Å². The lowest BCUT2D eigenvalue weighted by Crippen LogP contribution is -2.71. The van der Waals surface area contributed by atoms with Crippen LogP contribution in [0.25, 0.3) is 0 Å². The molecule has 0 aromatic carbocycles.